The molecule has 1 aromatic heterocycles. The maximum Gasteiger partial charge on any atom is 0.240 e. The maximum atomic E-state index is 12.0. The van der Waals surface area contributed by atoms with Crippen LogP contribution in [0.5, 0.6) is 0 Å². The van der Waals surface area contributed by atoms with E-state index in [0.29, 0.717) is 6.54 Å². The number of benzene rings is 1. The summed E-state index contributed by atoms with van der Waals surface area (Å²) >= 11 is 1.66. The molecule has 0 radical (unpaired) electrons. The van der Waals surface area contributed by atoms with Gasteiger partial charge in [-0.1, -0.05) is 24.3 Å². The Labute approximate surface area is 117 Å². The minimum atomic E-state index is 0.0345. The number of para-hydroxylation sites is 1. The smallest absolute Gasteiger partial charge is 0.240 e. The van der Waals surface area contributed by atoms with Crippen molar-refractivity contribution in [3.8, 4) is 0 Å². The number of carbonyl (C=O) groups excluding carboxylic acids is 1. The maximum absolute atomic E-state index is 12.0. The van der Waals surface area contributed by atoms with Gasteiger partial charge in [0.1, 0.15) is 0 Å². The number of amides is 1. The van der Waals surface area contributed by atoms with Gasteiger partial charge in [-0.3, -0.25) is 4.79 Å². The molecule has 19 heavy (non-hydrogen) atoms. The highest BCUT2D eigenvalue weighted by molar-refractivity contribution is 7.10. The van der Waals surface area contributed by atoms with Crippen molar-refractivity contribution >= 4 is 22.9 Å². The Bertz CT molecular complexity index is 510. The number of nitrogens with one attached hydrogen (secondary N) is 1. The Kier molecular flexibility index (Phi) is 4.58. The third-order valence-electron chi connectivity index (χ3n) is 2.93. The van der Waals surface area contributed by atoms with E-state index in [4.69, 9.17) is 0 Å². The van der Waals surface area contributed by atoms with Gasteiger partial charge in [-0.25, -0.2) is 0 Å². The van der Waals surface area contributed by atoms with Gasteiger partial charge < -0.3 is 10.2 Å². The molecule has 0 saturated heterocycles. The van der Waals surface area contributed by atoms with Crippen molar-refractivity contribution in [2.45, 2.75) is 13.0 Å². The average molecular weight is 274 g/mol. The lowest BCUT2D eigenvalue weighted by Gasteiger charge is -2.20. The van der Waals surface area contributed by atoms with Gasteiger partial charge in [0.05, 0.1) is 12.6 Å². The summed E-state index contributed by atoms with van der Waals surface area (Å²) in [5.41, 5.74) is 1.04. The van der Waals surface area contributed by atoms with Crippen molar-refractivity contribution in [2.24, 2.45) is 0 Å². The summed E-state index contributed by atoms with van der Waals surface area (Å²) in [7, 11) is 1.92. The fourth-order valence-corrected chi connectivity index (χ4v) is 2.62. The van der Waals surface area contributed by atoms with Gasteiger partial charge in [-0.2, -0.15) is 0 Å². The van der Waals surface area contributed by atoms with Crippen LogP contribution in [-0.2, 0) is 4.79 Å². The fourth-order valence-electron chi connectivity index (χ4n) is 1.89. The van der Waals surface area contributed by atoms with Crippen LogP contribution in [-0.4, -0.2) is 19.5 Å². The summed E-state index contributed by atoms with van der Waals surface area (Å²) in [6, 6.07) is 14.0. The number of anilines is 1. The predicted octanol–water partition coefficient (Wildman–Crippen LogP) is 3.06. The number of nitrogens with zero attached hydrogens (tertiary/aromatic N) is 1. The molecule has 0 saturated carbocycles. The van der Waals surface area contributed by atoms with Crippen molar-refractivity contribution in [2.75, 3.05) is 18.5 Å². The summed E-state index contributed by atoms with van der Waals surface area (Å²) in [4.78, 5) is 15.1. The van der Waals surface area contributed by atoms with E-state index in [9.17, 15) is 4.79 Å². The van der Waals surface area contributed by atoms with Crippen LogP contribution >= 0.6 is 11.3 Å². The highest BCUT2D eigenvalue weighted by Gasteiger charge is 2.12. The predicted molar refractivity (Wildman–Crippen MR) is 80.6 cm³/mol. The van der Waals surface area contributed by atoms with Crippen LogP contribution in [0.15, 0.2) is 47.8 Å². The largest absolute Gasteiger partial charge is 0.365 e. The molecule has 0 bridgehead atoms. The molecule has 1 N–H and O–H groups in total. The molecule has 0 unspecified atom stereocenters. The SMILES string of the molecule is C[C@H](NC(=O)CN(C)c1ccccc1)c1cccs1. The van der Waals surface area contributed by atoms with E-state index in [1.165, 1.54) is 4.88 Å². The molecular formula is C15H18N2OS. The van der Waals surface area contributed by atoms with Crippen LogP contribution < -0.4 is 10.2 Å². The van der Waals surface area contributed by atoms with Gasteiger partial charge in [0.2, 0.25) is 5.91 Å². The summed E-state index contributed by atoms with van der Waals surface area (Å²) < 4.78 is 0. The summed E-state index contributed by atoms with van der Waals surface area (Å²) in [5, 5.41) is 5.03. The minimum Gasteiger partial charge on any atom is -0.365 e. The lowest BCUT2D eigenvalue weighted by Crippen LogP contribution is -2.36. The lowest BCUT2D eigenvalue weighted by atomic mass is 10.2. The van der Waals surface area contributed by atoms with Gasteiger partial charge >= 0.3 is 0 Å². The number of likely N-dealkylation sites (N-methyl/N-ethyl adjacent to an activating group) is 1. The molecule has 1 heterocycles. The van der Waals surface area contributed by atoms with Gasteiger partial charge in [0.25, 0.3) is 0 Å². The minimum absolute atomic E-state index is 0.0345. The molecule has 0 aliphatic heterocycles. The van der Waals surface area contributed by atoms with E-state index in [1.54, 1.807) is 11.3 Å². The molecule has 0 spiro atoms. The number of rotatable bonds is 5. The first-order valence-corrected chi connectivity index (χ1v) is 7.13. The molecule has 2 rings (SSSR count). The van der Waals surface area contributed by atoms with Crippen LogP contribution in [0.4, 0.5) is 5.69 Å². The van der Waals surface area contributed by atoms with Gasteiger partial charge in [-0.15, -0.1) is 11.3 Å². The second-order valence-electron chi connectivity index (χ2n) is 4.50. The Morgan fingerprint density at radius 3 is 2.63 bits per heavy atom. The highest BCUT2D eigenvalue weighted by Crippen LogP contribution is 2.18. The molecule has 4 heteroatoms. The van der Waals surface area contributed by atoms with Crippen molar-refractivity contribution in [1.29, 1.82) is 0 Å². The number of carbonyl (C=O) groups is 1. The zero-order valence-electron chi connectivity index (χ0n) is 11.2. The van der Waals surface area contributed by atoms with Crippen LogP contribution in [0.3, 0.4) is 0 Å². The lowest BCUT2D eigenvalue weighted by molar-refractivity contribution is -0.120. The summed E-state index contributed by atoms with van der Waals surface area (Å²) in [6.45, 7) is 2.37. The van der Waals surface area contributed by atoms with Crippen LogP contribution in [0.1, 0.15) is 17.8 Å². The normalized spacial score (nSPS) is 11.9. The Hall–Kier alpha value is -1.81. The summed E-state index contributed by atoms with van der Waals surface area (Å²) in [6.07, 6.45) is 0. The fraction of sp³-hybridized carbons (Fsp3) is 0.267. The third-order valence-corrected chi connectivity index (χ3v) is 3.98. The Morgan fingerprint density at radius 1 is 1.26 bits per heavy atom. The van der Waals surface area contributed by atoms with Crippen molar-refractivity contribution in [1.82, 2.24) is 5.32 Å². The van der Waals surface area contributed by atoms with Crippen molar-refractivity contribution in [3.05, 3.63) is 52.7 Å². The second kappa shape index (κ2) is 6.38. The first kappa shape index (κ1) is 13.6. The van der Waals surface area contributed by atoms with E-state index < -0.39 is 0 Å². The van der Waals surface area contributed by atoms with E-state index in [0.717, 1.165) is 5.69 Å². The molecule has 0 aliphatic carbocycles. The first-order valence-electron chi connectivity index (χ1n) is 6.26. The molecular weight excluding hydrogens is 256 g/mol. The van der Waals surface area contributed by atoms with E-state index >= 15 is 0 Å². The zero-order chi connectivity index (χ0) is 13.7. The average Bonchev–Trinajstić information content (AvgIpc) is 2.93. The molecule has 0 aliphatic rings. The molecule has 1 amide bonds. The van der Waals surface area contributed by atoms with Crippen molar-refractivity contribution < 1.29 is 4.79 Å². The quantitative estimate of drug-likeness (QED) is 0.909. The van der Waals surface area contributed by atoms with E-state index in [1.807, 2.05) is 66.7 Å². The molecule has 100 valence electrons. The number of hydrogen-bond donors (Lipinski definition) is 1. The zero-order valence-corrected chi connectivity index (χ0v) is 12.0. The molecule has 1 aromatic carbocycles. The van der Waals surface area contributed by atoms with Crippen LogP contribution in [0.2, 0.25) is 0 Å². The standard InChI is InChI=1S/C15H18N2OS/c1-12(14-9-6-10-19-14)16-15(18)11-17(2)13-7-4-3-5-8-13/h3-10,12H,11H2,1-2H3,(H,16,18)/t12-/m0/s1. The van der Waals surface area contributed by atoms with Gasteiger partial charge in [0, 0.05) is 17.6 Å². The number of hydrogen-bond acceptors (Lipinski definition) is 3. The molecule has 0 fully saturated rings. The first-order chi connectivity index (χ1) is 9.16. The highest BCUT2D eigenvalue weighted by atomic mass is 32.1. The Balaban J connectivity index is 1.88. The molecule has 2 aromatic rings. The Morgan fingerprint density at radius 2 is 2.00 bits per heavy atom. The van der Waals surface area contributed by atoms with E-state index in [-0.39, 0.29) is 11.9 Å². The summed E-state index contributed by atoms with van der Waals surface area (Å²) in [5.74, 6) is 0.0345. The van der Waals surface area contributed by atoms with Crippen LogP contribution in [0.25, 0.3) is 0 Å². The third kappa shape index (κ3) is 3.83. The second-order valence-corrected chi connectivity index (χ2v) is 5.48. The topological polar surface area (TPSA) is 32.3 Å². The van der Waals surface area contributed by atoms with Gasteiger partial charge in [-0.05, 0) is 30.5 Å². The number of thiophene rings is 1. The van der Waals surface area contributed by atoms with Crippen LogP contribution in [0, 0.1) is 0 Å². The van der Waals surface area contributed by atoms with Gasteiger partial charge in [0.15, 0.2) is 0 Å². The van der Waals surface area contributed by atoms with Crippen molar-refractivity contribution in [3.63, 3.8) is 0 Å². The molecule has 3 nitrogen and oxygen atoms in total. The van der Waals surface area contributed by atoms with E-state index in [2.05, 4.69) is 5.32 Å². The monoisotopic (exact) mass is 274 g/mol. The molecule has 1 atom stereocenters.